The molecule has 0 aliphatic carbocycles. The molecule has 0 aromatic heterocycles. The van der Waals surface area contributed by atoms with Crippen LogP contribution in [0.15, 0.2) is 127 Å². The summed E-state index contributed by atoms with van der Waals surface area (Å²) in [6, 6.07) is 36.7. The summed E-state index contributed by atoms with van der Waals surface area (Å²) < 4.78 is 55.1. The molecule has 0 atom stereocenters. The monoisotopic (exact) mass is 765 g/mol. The Morgan fingerprint density at radius 1 is 0.404 bits per heavy atom. The molecular weight excluding hydrogens is 736 g/mol. The van der Waals surface area contributed by atoms with Crippen LogP contribution < -0.4 is 14.2 Å². The third-order valence-corrected chi connectivity index (χ3v) is 7.68. The summed E-state index contributed by atoms with van der Waals surface area (Å²) in [6.07, 6.45) is 0. The number of nitriles is 3. The second-order valence-electron chi connectivity index (χ2n) is 12.0. The van der Waals surface area contributed by atoms with Crippen LogP contribution in [0.2, 0.25) is 0 Å². The summed E-state index contributed by atoms with van der Waals surface area (Å²) in [4.78, 5) is 35.3. The van der Waals surface area contributed by atoms with E-state index in [-0.39, 0.29) is 33.9 Å². The highest BCUT2D eigenvalue weighted by Crippen LogP contribution is 2.20. The topological polar surface area (TPSA) is 150 Å². The molecular formula is C45H30F3N3O6. The highest BCUT2D eigenvalue weighted by Gasteiger charge is 2.13. The lowest BCUT2D eigenvalue weighted by atomic mass is 10.1. The number of carbonyl (C=O) groups excluding carboxylic acids is 3. The Kier molecular flexibility index (Phi) is 14.6. The van der Waals surface area contributed by atoms with Crippen molar-refractivity contribution in [1.82, 2.24) is 0 Å². The van der Waals surface area contributed by atoms with Gasteiger partial charge >= 0.3 is 17.9 Å². The molecule has 0 radical (unpaired) electrons. The number of aryl methyl sites for hydroxylation is 3. The SMILES string of the molecule is Cc1ccc(C(=O)Oc2ccc(C#N)c(F)c2)cc1.Cc1ccc(C(=O)Oc2ccc(C#N)c(F)c2)cc1.Cc1ccc(C(=O)Oc2ccc(C#N)c(F)c2)cc1. The fourth-order valence-corrected chi connectivity index (χ4v) is 4.52. The van der Waals surface area contributed by atoms with Gasteiger partial charge in [0, 0.05) is 18.2 Å². The van der Waals surface area contributed by atoms with Crippen molar-refractivity contribution in [1.29, 1.82) is 15.8 Å². The molecule has 282 valence electrons. The molecule has 0 saturated heterocycles. The smallest absolute Gasteiger partial charge is 0.343 e. The second kappa shape index (κ2) is 19.9. The van der Waals surface area contributed by atoms with E-state index < -0.39 is 35.4 Å². The molecule has 6 aromatic rings. The Morgan fingerprint density at radius 3 is 0.825 bits per heavy atom. The molecule has 0 heterocycles. The molecule has 0 aliphatic heterocycles. The van der Waals surface area contributed by atoms with Crippen LogP contribution in [0.4, 0.5) is 13.2 Å². The first-order valence-electron chi connectivity index (χ1n) is 16.8. The van der Waals surface area contributed by atoms with E-state index in [2.05, 4.69) is 0 Å². The zero-order valence-corrected chi connectivity index (χ0v) is 30.5. The average Bonchev–Trinajstić information content (AvgIpc) is 3.19. The number of halogens is 3. The van der Waals surface area contributed by atoms with E-state index in [1.807, 2.05) is 20.8 Å². The van der Waals surface area contributed by atoms with Gasteiger partial charge in [0.05, 0.1) is 33.4 Å². The molecule has 0 aliphatic rings. The molecule has 6 aromatic carbocycles. The fourth-order valence-electron chi connectivity index (χ4n) is 4.52. The predicted octanol–water partition coefficient (Wildman–Crippen LogP) is 9.67. The standard InChI is InChI=1S/3C15H10FNO2/c3*1-10-2-4-11(5-3-10)15(18)19-13-7-6-12(9-17)14(16)8-13/h3*2-8H,1H3. The lowest BCUT2D eigenvalue weighted by Crippen LogP contribution is -2.08. The van der Waals surface area contributed by atoms with Gasteiger partial charge in [0.25, 0.3) is 0 Å². The number of rotatable bonds is 6. The summed E-state index contributed by atoms with van der Waals surface area (Å²) in [5.74, 6) is -3.62. The number of hydrogen-bond acceptors (Lipinski definition) is 9. The van der Waals surface area contributed by atoms with Gasteiger partial charge in [0.1, 0.15) is 52.9 Å². The summed E-state index contributed by atoms with van der Waals surface area (Å²) in [5.41, 5.74) is 3.98. The van der Waals surface area contributed by atoms with Crippen LogP contribution in [0.5, 0.6) is 17.2 Å². The van der Waals surface area contributed by atoms with Crippen molar-refractivity contribution in [3.63, 3.8) is 0 Å². The molecule has 12 heteroatoms. The Balaban J connectivity index is 0.000000189. The van der Waals surface area contributed by atoms with E-state index in [1.165, 1.54) is 36.4 Å². The van der Waals surface area contributed by atoms with E-state index in [0.29, 0.717) is 16.7 Å². The van der Waals surface area contributed by atoms with Gasteiger partial charge in [-0.1, -0.05) is 53.1 Å². The normalized spacial score (nSPS) is 9.74. The first kappa shape index (κ1) is 41.7. The second-order valence-corrected chi connectivity index (χ2v) is 12.0. The molecule has 57 heavy (non-hydrogen) atoms. The van der Waals surface area contributed by atoms with Gasteiger partial charge in [0.2, 0.25) is 0 Å². The first-order valence-corrected chi connectivity index (χ1v) is 16.8. The van der Waals surface area contributed by atoms with E-state index in [9.17, 15) is 27.6 Å². The van der Waals surface area contributed by atoms with Crippen LogP contribution in [0.3, 0.4) is 0 Å². The molecule has 0 unspecified atom stereocenters. The third kappa shape index (κ3) is 12.3. The Bertz CT molecular complexity index is 2250. The van der Waals surface area contributed by atoms with Crippen LogP contribution >= 0.6 is 0 Å². The van der Waals surface area contributed by atoms with Gasteiger partial charge in [-0.25, -0.2) is 27.6 Å². The Hall–Kier alpha value is -8.01. The van der Waals surface area contributed by atoms with Gasteiger partial charge in [-0.3, -0.25) is 0 Å². The van der Waals surface area contributed by atoms with E-state index >= 15 is 0 Å². The molecule has 0 saturated carbocycles. The number of esters is 3. The minimum absolute atomic E-state index is 0.0714. The van der Waals surface area contributed by atoms with Crippen LogP contribution in [0.25, 0.3) is 0 Å². The minimum atomic E-state index is -0.711. The lowest BCUT2D eigenvalue weighted by Gasteiger charge is -2.05. The molecule has 6 rings (SSSR count). The highest BCUT2D eigenvalue weighted by molar-refractivity contribution is 5.92. The zero-order valence-electron chi connectivity index (χ0n) is 30.5. The van der Waals surface area contributed by atoms with Gasteiger partial charge in [-0.05, 0) is 93.6 Å². The predicted molar refractivity (Wildman–Crippen MR) is 202 cm³/mol. The van der Waals surface area contributed by atoms with E-state index in [4.69, 9.17) is 30.0 Å². The van der Waals surface area contributed by atoms with E-state index in [0.717, 1.165) is 34.9 Å². The molecule has 0 spiro atoms. The van der Waals surface area contributed by atoms with Crippen LogP contribution in [-0.2, 0) is 0 Å². The maximum absolute atomic E-state index is 13.3. The lowest BCUT2D eigenvalue weighted by molar-refractivity contribution is 0.0724. The van der Waals surface area contributed by atoms with Crippen molar-refractivity contribution >= 4 is 17.9 Å². The van der Waals surface area contributed by atoms with Crippen molar-refractivity contribution in [3.8, 4) is 35.5 Å². The van der Waals surface area contributed by atoms with Crippen molar-refractivity contribution < 1.29 is 41.8 Å². The molecule has 0 N–H and O–H groups in total. The average molecular weight is 766 g/mol. The van der Waals surface area contributed by atoms with Gasteiger partial charge in [-0.15, -0.1) is 0 Å². The van der Waals surface area contributed by atoms with Crippen LogP contribution in [0.1, 0.15) is 64.5 Å². The number of nitrogens with zero attached hydrogens (tertiary/aromatic N) is 3. The number of benzene rings is 6. The Morgan fingerprint density at radius 2 is 0.632 bits per heavy atom. The molecule has 0 amide bonds. The fraction of sp³-hybridized carbons (Fsp3) is 0.0667. The summed E-state index contributed by atoms with van der Waals surface area (Å²) in [6.45, 7) is 5.72. The van der Waals surface area contributed by atoms with Crippen molar-refractivity contribution in [2.45, 2.75) is 20.8 Å². The third-order valence-electron chi connectivity index (χ3n) is 7.68. The summed E-state index contributed by atoms with van der Waals surface area (Å²) >= 11 is 0. The maximum atomic E-state index is 13.3. The number of hydrogen-bond donors (Lipinski definition) is 0. The van der Waals surface area contributed by atoms with Crippen molar-refractivity contribution in [2.75, 3.05) is 0 Å². The quantitative estimate of drug-likeness (QED) is 0.119. The van der Waals surface area contributed by atoms with E-state index in [1.54, 1.807) is 91.0 Å². The van der Waals surface area contributed by atoms with Gasteiger partial charge in [0.15, 0.2) is 0 Å². The van der Waals surface area contributed by atoms with Crippen LogP contribution in [0, 0.1) is 72.2 Å². The number of ether oxygens (including phenoxy) is 3. The first-order chi connectivity index (χ1) is 27.3. The Labute approximate surface area is 326 Å². The van der Waals surface area contributed by atoms with Gasteiger partial charge < -0.3 is 14.2 Å². The molecule has 0 bridgehead atoms. The highest BCUT2D eigenvalue weighted by atomic mass is 19.1. The van der Waals surface area contributed by atoms with Crippen LogP contribution in [-0.4, -0.2) is 17.9 Å². The minimum Gasteiger partial charge on any atom is -0.423 e. The van der Waals surface area contributed by atoms with Crippen molar-refractivity contribution in [3.05, 3.63) is 195 Å². The maximum Gasteiger partial charge on any atom is 0.343 e. The largest absolute Gasteiger partial charge is 0.423 e. The van der Waals surface area contributed by atoms with Gasteiger partial charge in [-0.2, -0.15) is 15.8 Å². The molecule has 9 nitrogen and oxygen atoms in total. The number of carbonyl (C=O) groups is 3. The zero-order chi connectivity index (χ0) is 41.5. The summed E-state index contributed by atoms with van der Waals surface area (Å²) in [7, 11) is 0. The summed E-state index contributed by atoms with van der Waals surface area (Å²) in [5, 5.41) is 25.8. The molecule has 0 fully saturated rings. The van der Waals surface area contributed by atoms with Crippen molar-refractivity contribution in [2.24, 2.45) is 0 Å².